The average Bonchev–Trinajstić information content (AvgIpc) is 3.26. The van der Waals surface area contributed by atoms with Crippen molar-refractivity contribution in [2.45, 2.75) is 31.6 Å². The van der Waals surface area contributed by atoms with Gasteiger partial charge in [0.05, 0.1) is 19.4 Å². The predicted octanol–water partition coefficient (Wildman–Crippen LogP) is 2.01. The molecule has 2 amide bonds. The highest BCUT2D eigenvalue weighted by Crippen LogP contribution is 2.31. The summed E-state index contributed by atoms with van der Waals surface area (Å²) in [5.74, 6) is -1.23. The standard InChI is InChI=1S/C22H25FN4O4/c23-18-3-1-17(2-4-18)16-27(21(29)19-15-24-8-9-25-19)10-5-20(28)26-11-6-22(7-12-26)30-13-14-31-22/h1-4,8-9,15H,5-7,10-14,16H2. The van der Waals surface area contributed by atoms with E-state index in [0.29, 0.717) is 39.1 Å². The summed E-state index contributed by atoms with van der Waals surface area (Å²) in [5.41, 5.74) is 0.967. The van der Waals surface area contributed by atoms with E-state index in [-0.39, 0.29) is 42.8 Å². The zero-order valence-corrected chi connectivity index (χ0v) is 17.2. The second-order valence-electron chi connectivity index (χ2n) is 7.68. The number of aromatic nitrogens is 2. The third kappa shape index (κ3) is 5.23. The lowest BCUT2D eigenvalue weighted by Crippen LogP contribution is -2.48. The molecule has 0 bridgehead atoms. The second-order valence-corrected chi connectivity index (χ2v) is 7.68. The van der Waals surface area contributed by atoms with Crippen molar-refractivity contribution in [1.29, 1.82) is 0 Å². The topological polar surface area (TPSA) is 84.9 Å². The first-order chi connectivity index (χ1) is 15.0. The summed E-state index contributed by atoms with van der Waals surface area (Å²) in [7, 11) is 0. The number of carbonyl (C=O) groups is 2. The van der Waals surface area contributed by atoms with Crippen molar-refractivity contribution < 1.29 is 23.5 Å². The molecule has 2 aliphatic rings. The third-order valence-electron chi connectivity index (χ3n) is 5.64. The molecule has 1 aromatic heterocycles. The Hall–Kier alpha value is -2.91. The molecule has 1 spiro atoms. The van der Waals surface area contributed by atoms with Crippen molar-refractivity contribution >= 4 is 11.8 Å². The summed E-state index contributed by atoms with van der Waals surface area (Å²) in [4.78, 5) is 37.1. The molecule has 2 saturated heterocycles. The van der Waals surface area contributed by atoms with Crippen LogP contribution in [0.2, 0.25) is 0 Å². The van der Waals surface area contributed by atoms with Gasteiger partial charge in [-0.1, -0.05) is 12.1 Å². The molecular weight excluding hydrogens is 403 g/mol. The molecule has 1 aromatic carbocycles. The highest BCUT2D eigenvalue weighted by Gasteiger charge is 2.40. The SMILES string of the molecule is O=C(CCN(Cc1ccc(F)cc1)C(=O)c1cnccn1)N1CCC2(CC1)OCCO2. The number of hydrogen-bond acceptors (Lipinski definition) is 6. The molecule has 31 heavy (non-hydrogen) atoms. The van der Waals surface area contributed by atoms with Crippen LogP contribution in [0, 0.1) is 5.82 Å². The Morgan fingerprint density at radius 1 is 1.10 bits per heavy atom. The van der Waals surface area contributed by atoms with E-state index >= 15 is 0 Å². The van der Waals surface area contributed by atoms with Crippen LogP contribution in [-0.2, 0) is 20.8 Å². The highest BCUT2D eigenvalue weighted by molar-refractivity contribution is 5.92. The Morgan fingerprint density at radius 3 is 2.45 bits per heavy atom. The largest absolute Gasteiger partial charge is 0.347 e. The molecule has 0 atom stereocenters. The highest BCUT2D eigenvalue weighted by atomic mass is 19.1. The molecule has 0 aliphatic carbocycles. The Kier molecular flexibility index (Phi) is 6.53. The van der Waals surface area contributed by atoms with Crippen LogP contribution in [0.1, 0.15) is 35.3 Å². The normalized spacial score (nSPS) is 17.6. The van der Waals surface area contributed by atoms with Gasteiger partial charge in [-0.2, -0.15) is 0 Å². The molecule has 2 aliphatic heterocycles. The Bertz CT molecular complexity index is 893. The summed E-state index contributed by atoms with van der Waals surface area (Å²) in [6, 6.07) is 5.95. The molecule has 4 rings (SSSR count). The van der Waals surface area contributed by atoms with Gasteiger partial charge in [-0.25, -0.2) is 9.37 Å². The molecule has 0 unspecified atom stereocenters. The van der Waals surface area contributed by atoms with Crippen LogP contribution in [0.3, 0.4) is 0 Å². The Balaban J connectivity index is 1.38. The van der Waals surface area contributed by atoms with E-state index in [9.17, 15) is 14.0 Å². The van der Waals surface area contributed by atoms with E-state index in [1.54, 1.807) is 21.9 Å². The lowest BCUT2D eigenvalue weighted by molar-refractivity contribution is -0.187. The van der Waals surface area contributed by atoms with Crippen LogP contribution in [0.4, 0.5) is 4.39 Å². The van der Waals surface area contributed by atoms with Gasteiger partial charge < -0.3 is 19.3 Å². The number of hydrogen-bond donors (Lipinski definition) is 0. The number of rotatable bonds is 6. The number of likely N-dealkylation sites (tertiary alicyclic amines) is 1. The molecule has 9 heteroatoms. The van der Waals surface area contributed by atoms with E-state index in [1.807, 2.05) is 0 Å². The summed E-state index contributed by atoms with van der Waals surface area (Å²) in [5, 5.41) is 0. The number of halogens is 1. The zero-order chi connectivity index (χ0) is 21.7. The van der Waals surface area contributed by atoms with Crippen molar-refractivity contribution in [3.63, 3.8) is 0 Å². The van der Waals surface area contributed by atoms with E-state index in [1.165, 1.54) is 30.7 Å². The third-order valence-corrected chi connectivity index (χ3v) is 5.64. The van der Waals surface area contributed by atoms with Gasteiger partial charge in [0.15, 0.2) is 5.79 Å². The van der Waals surface area contributed by atoms with Crippen LogP contribution in [0.5, 0.6) is 0 Å². The summed E-state index contributed by atoms with van der Waals surface area (Å²) < 4.78 is 24.7. The van der Waals surface area contributed by atoms with Crippen LogP contribution >= 0.6 is 0 Å². The van der Waals surface area contributed by atoms with Crippen molar-refractivity contribution in [1.82, 2.24) is 19.8 Å². The first kappa shape index (κ1) is 21.3. The minimum atomic E-state index is -0.534. The quantitative estimate of drug-likeness (QED) is 0.700. The summed E-state index contributed by atoms with van der Waals surface area (Å²) >= 11 is 0. The molecular formula is C22H25FN4O4. The maximum Gasteiger partial charge on any atom is 0.274 e. The average molecular weight is 428 g/mol. The maximum atomic E-state index is 13.3. The molecule has 164 valence electrons. The van der Waals surface area contributed by atoms with E-state index < -0.39 is 5.79 Å². The van der Waals surface area contributed by atoms with Gasteiger partial charge in [-0.15, -0.1) is 0 Å². The smallest absolute Gasteiger partial charge is 0.274 e. The van der Waals surface area contributed by atoms with Gasteiger partial charge >= 0.3 is 0 Å². The zero-order valence-electron chi connectivity index (χ0n) is 17.2. The fourth-order valence-corrected chi connectivity index (χ4v) is 3.91. The number of benzene rings is 1. The van der Waals surface area contributed by atoms with E-state index in [4.69, 9.17) is 9.47 Å². The molecule has 2 aromatic rings. The van der Waals surface area contributed by atoms with E-state index in [0.717, 1.165) is 5.56 Å². The van der Waals surface area contributed by atoms with Crippen LogP contribution in [0.25, 0.3) is 0 Å². The van der Waals surface area contributed by atoms with Crippen molar-refractivity contribution in [2.24, 2.45) is 0 Å². The maximum absolute atomic E-state index is 13.3. The van der Waals surface area contributed by atoms with Gasteiger partial charge in [0.2, 0.25) is 5.91 Å². The molecule has 0 radical (unpaired) electrons. The van der Waals surface area contributed by atoms with Crippen LogP contribution in [0.15, 0.2) is 42.9 Å². The van der Waals surface area contributed by atoms with Gasteiger partial charge in [0.1, 0.15) is 11.5 Å². The van der Waals surface area contributed by atoms with Gasteiger partial charge in [0, 0.05) is 57.8 Å². The number of nitrogens with zero attached hydrogens (tertiary/aromatic N) is 4. The second kappa shape index (κ2) is 9.49. The van der Waals surface area contributed by atoms with Crippen LogP contribution < -0.4 is 0 Å². The van der Waals surface area contributed by atoms with Gasteiger partial charge in [-0.05, 0) is 17.7 Å². The fraction of sp³-hybridized carbons (Fsp3) is 0.455. The molecule has 3 heterocycles. The molecule has 0 N–H and O–H groups in total. The Labute approximate surface area is 180 Å². The number of carbonyl (C=O) groups excluding carboxylic acids is 2. The minimum absolute atomic E-state index is 0.0242. The number of amides is 2. The molecule has 2 fully saturated rings. The number of ether oxygens (including phenoxy) is 2. The first-order valence-corrected chi connectivity index (χ1v) is 10.4. The first-order valence-electron chi connectivity index (χ1n) is 10.4. The fourth-order valence-electron chi connectivity index (χ4n) is 3.91. The van der Waals surface area contributed by atoms with Crippen LogP contribution in [-0.4, -0.2) is 70.2 Å². The van der Waals surface area contributed by atoms with Crippen molar-refractivity contribution in [3.05, 3.63) is 59.9 Å². The number of piperidine rings is 1. The summed E-state index contributed by atoms with van der Waals surface area (Å²) in [6.45, 7) is 2.78. The lowest BCUT2D eigenvalue weighted by atomic mass is 10.0. The van der Waals surface area contributed by atoms with Gasteiger partial charge in [0.25, 0.3) is 5.91 Å². The van der Waals surface area contributed by atoms with E-state index in [2.05, 4.69) is 9.97 Å². The molecule has 0 saturated carbocycles. The minimum Gasteiger partial charge on any atom is -0.347 e. The Morgan fingerprint density at radius 2 is 1.81 bits per heavy atom. The lowest BCUT2D eigenvalue weighted by Gasteiger charge is -2.37. The van der Waals surface area contributed by atoms with Gasteiger partial charge in [-0.3, -0.25) is 14.6 Å². The monoisotopic (exact) mass is 428 g/mol. The van der Waals surface area contributed by atoms with Crippen molar-refractivity contribution in [3.8, 4) is 0 Å². The molecule has 8 nitrogen and oxygen atoms in total. The van der Waals surface area contributed by atoms with Crippen molar-refractivity contribution in [2.75, 3.05) is 32.8 Å². The summed E-state index contributed by atoms with van der Waals surface area (Å²) in [6.07, 6.45) is 5.82. The predicted molar refractivity (Wildman–Crippen MR) is 108 cm³/mol.